The molecule has 15 heavy (non-hydrogen) atoms. The topological polar surface area (TPSA) is 82.7 Å². The molecule has 2 aromatic rings. The van der Waals surface area contributed by atoms with Gasteiger partial charge in [-0.3, -0.25) is 5.32 Å². The third kappa shape index (κ3) is 2.04. The molecule has 2 heterocycles. The zero-order chi connectivity index (χ0) is 10.7. The first-order valence-corrected chi connectivity index (χ1v) is 4.65. The monoisotopic (exact) mass is 205 g/mol. The summed E-state index contributed by atoms with van der Waals surface area (Å²) < 4.78 is 0. The van der Waals surface area contributed by atoms with Crippen LogP contribution < -0.4 is 10.6 Å². The van der Waals surface area contributed by atoms with Gasteiger partial charge < -0.3 is 10.3 Å². The molecular weight excluding hydrogens is 194 g/mol. The van der Waals surface area contributed by atoms with E-state index in [4.69, 9.17) is 0 Å². The number of carbonyl (C=O) groups excluding carboxylic acids is 1. The Morgan fingerprint density at radius 2 is 2.47 bits per heavy atom. The maximum atomic E-state index is 11.2. The number of nitrogens with one attached hydrogen (secondary N) is 3. The van der Waals surface area contributed by atoms with Crippen LogP contribution in [0.25, 0.3) is 11.2 Å². The molecular formula is C9H11N5O. The number of aromatic nitrogens is 3. The third-order valence-corrected chi connectivity index (χ3v) is 1.83. The largest absolute Gasteiger partial charge is 0.338 e. The molecule has 2 amide bonds. The van der Waals surface area contributed by atoms with Crippen molar-refractivity contribution >= 4 is 23.1 Å². The molecule has 0 fully saturated rings. The van der Waals surface area contributed by atoms with Gasteiger partial charge in [0, 0.05) is 12.7 Å². The Morgan fingerprint density at radius 3 is 3.20 bits per heavy atom. The van der Waals surface area contributed by atoms with E-state index in [1.807, 2.05) is 13.0 Å². The maximum absolute atomic E-state index is 11.2. The van der Waals surface area contributed by atoms with E-state index in [9.17, 15) is 4.79 Å². The van der Waals surface area contributed by atoms with Crippen LogP contribution in [0.15, 0.2) is 18.3 Å². The molecule has 3 N–H and O–H groups in total. The predicted molar refractivity (Wildman–Crippen MR) is 56.6 cm³/mol. The van der Waals surface area contributed by atoms with Crippen molar-refractivity contribution < 1.29 is 4.79 Å². The number of carbonyl (C=O) groups is 1. The molecule has 0 radical (unpaired) electrons. The van der Waals surface area contributed by atoms with E-state index < -0.39 is 0 Å². The van der Waals surface area contributed by atoms with Crippen LogP contribution in [0.3, 0.4) is 0 Å². The van der Waals surface area contributed by atoms with Gasteiger partial charge in [0.1, 0.15) is 0 Å². The van der Waals surface area contributed by atoms with E-state index in [1.165, 1.54) is 0 Å². The summed E-state index contributed by atoms with van der Waals surface area (Å²) in [4.78, 5) is 22.3. The SMILES string of the molecule is CCNC(=O)Nc1nc2ncccc2[nH]1. The summed E-state index contributed by atoms with van der Waals surface area (Å²) >= 11 is 0. The van der Waals surface area contributed by atoms with Gasteiger partial charge in [-0.2, -0.15) is 4.98 Å². The van der Waals surface area contributed by atoms with E-state index in [-0.39, 0.29) is 6.03 Å². The second-order valence-electron chi connectivity index (χ2n) is 2.94. The van der Waals surface area contributed by atoms with E-state index in [0.717, 1.165) is 5.52 Å². The number of urea groups is 1. The molecule has 0 atom stereocenters. The lowest BCUT2D eigenvalue weighted by Crippen LogP contribution is -2.28. The Balaban J connectivity index is 2.18. The highest BCUT2D eigenvalue weighted by Gasteiger charge is 2.05. The molecule has 78 valence electrons. The van der Waals surface area contributed by atoms with Gasteiger partial charge in [-0.25, -0.2) is 9.78 Å². The van der Waals surface area contributed by atoms with Crippen LogP contribution in [0, 0.1) is 0 Å². The number of imidazole rings is 1. The minimum absolute atomic E-state index is 0.281. The smallest absolute Gasteiger partial charge is 0.321 e. The standard InChI is InChI=1S/C9H11N5O/c1-2-10-9(15)14-8-12-6-4-3-5-11-7(6)13-8/h3-5H,2H2,1H3,(H3,10,11,12,13,14,15). The minimum Gasteiger partial charge on any atom is -0.338 e. The number of hydrogen-bond acceptors (Lipinski definition) is 3. The summed E-state index contributed by atoms with van der Waals surface area (Å²) in [6.07, 6.45) is 1.65. The zero-order valence-corrected chi connectivity index (χ0v) is 8.24. The van der Waals surface area contributed by atoms with Crippen LogP contribution in [0.4, 0.5) is 10.7 Å². The summed E-state index contributed by atoms with van der Waals surface area (Å²) in [5.41, 5.74) is 1.38. The summed E-state index contributed by atoms with van der Waals surface area (Å²) in [5, 5.41) is 5.18. The van der Waals surface area contributed by atoms with Gasteiger partial charge in [0.25, 0.3) is 0 Å². The molecule has 0 saturated carbocycles. The van der Waals surface area contributed by atoms with Crippen molar-refractivity contribution in [1.82, 2.24) is 20.3 Å². The lowest BCUT2D eigenvalue weighted by Gasteiger charge is -2.00. The number of H-pyrrole nitrogens is 1. The van der Waals surface area contributed by atoms with Crippen molar-refractivity contribution in [1.29, 1.82) is 0 Å². The van der Waals surface area contributed by atoms with Gasteiger partial charge in [-0.05, 0) is 19.1 Å². The quantitative estimate of drug-likeness (QED) is 0.686. The summed E-state index contributed by atoms with van der Waals surface area (Å²) in [6, 6.07) is 3.37. The summed E-state index contributed by atoms with van der Waals surface area (Å²) in [6.45, 7) is 2.42. The zero-order valence-electron chi connectivity index (χ0n) is 8.24. The Bertz CT molecular complexity index is 445. The van der Waals surface area contributed by atoms with Gasteiger partial charge in [-0.1, -0.05) is 0 Å². The van der Waals surface area contributed by atoms with Gasteiger partial charge in [0.15, 0.2) is 5.65 Å². The minimum atomic E-state index is -0.281. The fourth-order valence-corrected chi connectivity index (χ4v) is 1.22. The number of hydrogen-bond donors (Lipinski definition) is 3. The molecule has 6 nitrogen and oxygen atoms in total. The third-order valence-electron chi connectivity index (χ3n) is 1.83. The normalized spacial score (nSPS) is 10.2. The average molecular weight is 205 g/mol. The number of anilines is 1. The number of aromatic amines is 1. The maximum Gasteiger partial charge on any atom is 0.321 e. The second-order valence-corrected chi connectivity index (χ2v) is 2.94. The first kappa shape index (κ1) is 9.45. The van der Waals surface area contributed by atoms with E-state index >= 15 is 0 Å². The average Bonchev–Trinajstić information content (AvgIpc) is 2.59. The molecule has 0 aromatic carbocycles. The number of pyridine rings is 1. The molecule has 0 saturated heterocycles. The molecule has 0 spiro atoms. The van der Waals surface area contributed by atoms with Gasteiger partial charge in [-0.15, -0.1) is 0 Å². The highest BCUT2D eigenvalue weighted by Crippen LogP contribution is 2.10. The van der Waals surface area contributed by atoms with Crippen LogP contribution >= 0.6 is 0 Å². The highest BCUT2D eigenvalue weighted by atomic mass is 16.2. The van der Waals surface area contributed by atoms with Crippen LogP contribution in [0.5, 0.6) is 0 Å². The van der Waals surface area contributed by atoms with Crippen molar-refractivity contribution in [3.63, 3.8) is 0 Å². The fourth-order valence-electron chi connectivity index (χ4n) is 1.22. The summed E-state index contributed by atoms with van der Waals surface area (Å²) in [5.74, 6) is 0.398. The fraction of sp³-hybridized carbons (Fsp3) is 0.222. The first-order chi connectivity index (χ1) is 7.29. The molecule has 0 aliphatic carbocycles. The van der Waals surface area contributed by atoms with Crippen LogP contribution in [0.1, 0.15) is 6.92 Å². The highest BCUT2D eigenvalue weighted by molar-refractivity contribution is 5.89. The molecule has 0 aliphatic heterocycles. The van der Waals surface area contributed by atoms with Gasteiger partial charge in [0.2, 0.25) is 5.95 Å². The van der Waals surface area contributed by atoms with E-state index in [2.05, 4.69) is 25.6 Å². The van der Waals surface area contributed by atoms with Crippen molar-refractivity contribution in [2.24, 2.45) is 0 Å². The van der Waals surface area contributed by atoms with Crippen LogP contribution in [0.2, 0.25) is 0 Å². The molecule has 6 heteroatoms. The van der Waals surface area contributed by atoms with E-state index in [0.29, 0.717) is 18.1 Å². The molecule has 0 bridgehead atoms. The lowest BCUT2D eigenvalue weighted by molar-refractivity contribution is 0.252. The van der Waals surface area contributed by atoms with Crippen molar-refractivity contribution in [3.8, 4) is 0 Å². The Kier molecular flexibility index (Phi) is 2.49. The van der Waals surface area contributed by atoms with Crippen molar-refractivity contribution in [2.45, 2.75) is 6.92 Å². The number of amides is 2. The lowest BCUT2D eigenvalue weighted by atomic mass is 10.4. The number of rotatable bonds is 2. The van der Waals surface area contributed by atoms with E-state index in [1.54, 1.807) is 12.3 Å². The Morgan fingerprint density at radius 1 is 1.60 bits per heavy atom. The van der Waals surface area contributed by atoms with Gasteiger partial charge >= 0.3 is 6.03 Å². The molecule has 0 aliphatic rings. The van der Waals surface area contributed by atoms with Crippen LogP contribution in [-0.4, -0.2) is 27.5 Å². The molecule has 2 aromatic heterocycles. The molecule has 2 rings (SSSR count). The summed E-state index contributed by atoms with van der Waals surface area (Å²) in [7, 11) is 0. The van der Waals surface area contributed by atoms with Crippen molar-refractivity contribution in [2.75, 3.05) is 11.9 Å². The van der Waals surface area contributed by atoms with Gasteiger partial charge in [0.05, 0.1) is 5.52 Å². The van der Waals surface area contributed by atoms with Crippen molar-refractivity contribution in [3.05, 3.63) is 18.3 Å². The van der Waals surface area contributed by atoms with Crippen LogP contribution in [-0.2, 0) is 0 Å². The molecule has 0 unspecified atom stereocenters. The first-order valence-electron chi connectivity index (χ1n) is 4.65. The number of fused-ring (bicyclic) bond motifs is 1. The Hall–Kier alpha value is -2.11. The Labute approximate surface area is 86.1 Å². The predicted octanol–water partition coefficient (Wildman–Crippen LogP) is 1.10. The number of nitrogens with zero attached hydrogens (tertiary/aromatic N) is 2. The second kappa shape index (κ2) is 3.95.